The fourth-order valence-electron chi connectivity index (χ4n) is 2.85. The lowest BCUT2D eigenvalue weighted by Crippen LogP contribution is -2.49. The van der Waals surface area contributed by atoms with Crippen LogP contribution in [-0.2, 0) is 11.3 Å². The van der Waals surface area contributed by atoms with E-state index >= 15 is 0 Å². The highest BCUT2D eigenvalue weighted by Gasteiger charge is 2.24. The highest BCUT2D eigenvalue weighted by molar-refractivity contribution is 6.30. The lowest BCUT2D eigenvalue weighted by molar-refractivity contribution is -0.124. The molecule has 3 rings (SSSR count). The second-order valence-electron chi connectivity index (χ2n) is 7.04. The number of hydrogen-bond acceptors (Lipinski definition) is 3. The fraction of sp³-hybridized carbons (Fsp3) is 0.227. The summed E-state index contributed by atoms with van der Waals surface area (Å²) >= 11 is 5.86. The minimum absolute atomic E-state index is 0.0616. The first-order valence-electron chi connectivity index (χ1n) is 9.37. The van der Waals surface area contributed by atoms with Gasteiger partial charge in [0.25, 0.3) is 5.91 Å². The molecule has 2 amide bonds. The summed E-state index contributed by atoms with van der Waals surface area (Å²) in [7, 11) is 0. The smallest absolute Gasteiger partial charge is 0.251 e. The topological polar surface area (TPSA) is 76.0 Å². The number of amides is 2. The third-order valence-electron chi connectivity index (χ3n) is 4.51. The molecule has 2 N–H and O–H groups in total. The second kappa shape index (κ2) is 9.39. The van der Waals surface area contributed by atoms with Crippen LogP contribution in [0, 0.1) is 5.92 Å². The van der Waals surface area contributed by atoms with E-state index in [9.17, 15) is 9.59 Å². The highest BCUT2D eigenvalue weighted by atomic mass is 35.5. The maximum absolute atomic E-state index is 12.7. The molecule has 0 aliphatic carbocycles. The van der Waals surface area contributed by atoms with Gasteiger partial charge in [-0.2, -0.15) is 5.10 Å². The Hall–Kier alpha value is -3.12. The average Bonchev–Trinajstić information content (AvgIpc) is 3.25. The molecular formula is C22H23ClN4O2. The van der Waals surface area contributed by atoms with Crippen molar-refractivity contribution in [3.8, 4) is 5.69 Å². The molecule has 150 valence electrons. The van der Waals surface area contributed by atoms with E-state index in [1.54, 1.807) is 35.1 Å². The monoisotopic (exact) mass is 410 g/mol. The van der Waals surface area contributed by atoms with Crippen LogP contribution in [0.3, 0.4) is 0 Å². The van der Waals surface area contributed by atoms with Gasteiger partial charge in [0.2, 0.25) is 5.91 Å². The zero-order valence-corrected chi connectivity index (χ0v) is 17.1. The quantitative estimate of drug-likeness (QED) is 0.624. The van der Waals surface area contributed by atoms with E-state index in [-0.39, 0.29) is 17.7 Å². The van der Waals surface area contributed by atoms with Crippen molar-refractivity contribution < 1.29 is 9.59 Å². The number of benzene rings is 2. The van der Waals surface area contributed by atoms with Crippen LogP contribution >= 0.6 is 11.6 Å². The van der Waals surface area contributed by atoms with Crippen LogP contribution in [0.25, 0.3) is 5.69 Å². The first kappa shape index (κ1) is 20.6. The van der Waals surface area contributed by atoms with Crippen LogP contribution in [0.5, 0.6) is 0 Å². The standard InChI is InChI=1S/C22H23ClN4O2/c1-15(2)20(26-21(28)17-6-8-18(23)9-7-17)22(29)24-14-16-4-10-19(11-5-16)27-13-3-12-25-27/h3-13,15,20H,14H2,1-2H3,(H,24,29)(H,26,28). The predicted molar refractivity (Wildman–Crippen MR) is 113 cm³/mol. The third-order valence-corrected chi connectivity index (χ3v) is 4.77. The molecule has 29 heavy (non-hydrogen) atoms. The van der Waals surface area contributed by atoms with Gasteiger partial charge in [0.15, 0.2) is 0 Å². The molecule has 0 saturated heterocycles. The van der Waals surface area contributed by atoms with Crippen molar-refractivity contribution in [1.82, 2.24) is 20.4 Å². The molecule has 3 aromatic rings. The molecular weight excluding hydrogens is 388 g/mol. The number of aromatic nitrogens is 2. The molecule has 0 aliphatic rings. The van der Waals surface area contributed by atoms with E-state index in [1.165, 1.54) is 0 Å². The van der Waals surface area contributed by atoms with E-state index in [2.05, 4.69) is 15.7 Å². The first-order chi connectivity index (χ1) is 13.9. The second-order valence-corrected chi connectivity index (χ2v) is 7.47. The molecule has 1 aromatic heterocycles. The van der Waals surface area contributed by atoms with Gasteiger partial charge in [0.1, 0.15) is 6.04 Å². The van der Waals surface area contributed by atoms with Gasteiger partial charge in [-0.15, -0.1) is 0 Å². The Morgan fingerprint density at radius 3 is 2.34 bits per heavy atom. The Labute approximate surface area is 174 Å². The summed E-state index contributed by atoms with van der Waals surface area (Å²) in [4.78, 5) is 25.1. The van der Waals surface area contributed by atoms with Crippen molar-refractivity contribution in [2.75, 3.05) is 0 Å². The Morgan fingerprint density at radius 1 is 1.07 bits per heavy atom. The van der Waals surface area contributed by atoms with E-state index in [4.69, 9.17) is 11.6 Å². The van der Waals surface area contributed by atoms with Gasteiger partial charge >= 0.3 is 0 Å². The predicted octanol–water partition coefficient (Wildman–Crippen LogP) is 3.60. The van der Waals surface area contributed by atoms with Crippen molar-refractivity contribution >= 4 is 23.4 Å². The number of rotatable bonds is 7. The van der Waals surface area contributed by atoms with E-state index in [1.807, 2.05) is 50.4 Å². The molecule has 1 atom stereocenters. The maximum atomic E-state index is 12.7. The van der Waals surface area contributed by atoms with Crippen molar-refractivity contribution in [1.29, 1.82) is 0 Å². The molecule has 1 heterocycles. The van der Waals surface area contributed by atoms with Gasteiger partial charge < -0.3 is 10.6 Å². The normalized spacial score (nSPS) is 11.9. The van der Waals surface area contributed by atoms with Crippen LogP contribution in [0.4, 0.5) is 0 Å². The van der Waals surface area contributed by atoms with Gasteiger partial charge in [-0.3, -0.25) is 9.59 Å². The minimum atomic E-state index is -0.637. The Balaban J connectivity index is 1.59. The summed E-state index contributed by atoms with van der Waals surface area (Å²) in [5.74, 6) is -0.592. The SMILES string of the molecule is CC(C)C(NC(=O)c1ccc(Cl)cc1)C(=O)NCc1ccc(-n2cccn2)cc1. The molecule has 0 fully saturated rings. The molecule has 2 aromatic carbocycles. The Kier molecular flexibility index (Phi) is 6.67. The number of nitrogens with zero attached hydrogens (tertiary/aromatic N) is 2. The molecule has 0 radical (unpaired) electrons. The number of halogens is 1. The molecule has 6 nitrogen and oxygen atoms in total. The molecule has 0 bridgehead atoms. The number of nitrogens with one attached hydrogen (secondary N) is 2. The molecule has 0 aliphatic heterocycles. The summed E-state index contributed by atoms with van der Waals surface area (Å²) in [6, 6.07) is 15.5. The highest BCUT2D eigenvalue weighted by Crippen LogP contribution is 2.12. The zero-order valence-electron chi connectivity index (χ0n) is 16.3. The Bertz CT molecular complexity index is 951. The van der Waals surface area contributed by atoms with E-state index in [0.717, 1.165) is 11.3 Å². The summed E-state index contributed by atoms with van der Waals surface area (Å²) < 4.78 is 1.77. The van der Waals surface area contributed by atoms with Crippen LogP contribution < -0.4 is 10.6 Å². The van der Waals surface area contributed by atoms with Gasteiger partial charge in [-0.05, 0) is 53.9 Å². The lowest BCUT2D eigenvalue weighted by Gasteiger charge is -2.22. The Morgan fingerprint density at radius 2 is 1.76 bits per heavy atom. The number of hydrogen-bond donors (Lipinski definition) is 2. The largest absolute Gasteiger partial charge is 0.350 e. The number of carbonyl (C=O) groups is 2. The van der Waals surface area contributed by atoms with E-state index < -0.39 is 6.04 Å². The van der Waals surface area contributed by atoms with Gasteiger partial charge in [0, 0.05) is 29.5 Å². The molecule has 0 saturated carbocycles. The summed E-state index contributed by atoms with van der Waals surface area (Å²) in [6.45, 7) is 4.16. The number of carbonyl (C=O) groups excluding carboxylic acids is 2. The maximum Gasteiger partial charge on any atom is 0.251 e. The molecule has 1 unspecified atom stereocenters. The van der Waals surface area contributed by atoms with Crippen LogP contribution in [-0.4, -0.2) is 27.6 Å². The summed E-state index contributed by atoms with van der Waals surface area (Å²) in [5, 5.41) is 10.5. The average molecular weight is 411 g/mol. The first-order valence-corrected chi connectivity index (χ1v) is 9.75. The summed E-state index contributed by atoms with van der Waals surface area (Å²) in [5.41, 5.74) is 2.36. The summed E-state index contributed by atoms with van der Waals surface area (Å²) in [6.07, 6.45) is 3.59. The van der Waals surface area contributed by atoms with Gasteiger partial charge in [0.05, 0.1) is 5.69 Å². The van der Waals surface area contributed by atoms with Crippen molar-refractivity contribution in [2.24, 2.45) is 5.92 Å². The van der Waals surface area contributed by atoms with Gasteiger partial charge in [-0.25, -0.2) is 4.68 Å². The van der Waals surface area contributed by atoms with Crippen LogP contribution in [0.15, 0.2) is 67.0 Å². The van der Waals surface area contributed by atoms with Gasteiger partial charge in [-0.1, -0.05) is 37.6 Å². The lowest BCUT2D eigenvalue weighted by atomic mass is 10.0. The van der Waals surface area contributed by atoms with Crippen LogP contribution in [0.1, 0.15) is 29.8 Å². The minimum Gasteiger partial charge on any atom is -0.350 e. The fourth-order valence-corrected chi connectivity index (χ4v) is 2.97. The zero-order chi connectivity index (χ0) is 20.8. The van der Waals surface area contributed by atoms with Crippen LogP contribution in [0.2, 0.25) is 5.02 Å². The molecule has 7 heteroatoms. The molecule has 0 spiro atoms. The van der Waals surface area contributed by atoms with E-state index in [0.29, 0.717) is 17.1 Å². The third kappa shape index (κ3) is 5.45. The van der Waals surface area contributed by atoms with Crippen molar-refractivity contribution in [3.63, 3.8) is 0 Å². The van der Waals surface area contributed by atoms with Crippen molar-refractivity contribution in [2.45, 2.75) is 26.4 Å². The van der Waals surface area contributed by atoms with Crippen molar-refractivity contribution in [3.05, 3.63) is 83.1 Å².